The van der Waals surface area contributed by atoms with Gasteiger partial charge in [0.1, 0.15) is 11.5 Å². The molecule has 1 N–H and O–H groups in total. The van der Waals surface area contributed by atoms with Gasteiger partial charge in [0.25, 0.3) is 0 Å². The number of benzene rings is 1. The van der Waals surface area contributed by atoms with Crippen LogP contribution in [-0.2, 0) is 6.54 Å². The number of aromatic nitrogens is 2. The third-order valence-electron chi connectivity index (χ3n) is 6.41. The van der Waals surface area contributed by atoms with Crippen molar-refractivity contribution in [1.29, 1.82) is 0 Å². The second-order valence-corrected chi connectivity index (χ2v) is 9.54. The summed E-state index contributed by atoms with van der Waals surface area (Å²) in [6, 6.07) is 20.2. The number of nitrogens with one attached hydrogen (secondary N) is 1. The first kappa shape index (κ1) is 23.2. The van der Waals surface area contributed by atoms with E-state index in [-0.39, 0.29) is 18.2 Å². The minimum Gasteiger partial charge on any atom is -0.491 e. The number of ether oxygens (including phenoxy) is 1. The maximum atomic E-state index is 5.89. The highest BCUT2D eigenvalue weighted by Gasteiger charge is 2.42. The van der Waals surface area contributed by atoms with Gasteiger partial charge in [-0.25, -0.2) is 0 Å². The average molecular weight is 487 g/mol. The fourth-order valence-corrected chi connectivity index (χ4v) is 5.18. The molecule has 0 amide bonds. The number of hydrogen-bond acceptors (Lipinski definition) is 4. The highest BCUT2D eigenvalue weighted by molar-refractivity contribution is 7.80. The highest BCUT2D eigenvalue weighted by Crippen LogP contribution is 2.43. The van der Waals surface area contributed by atoms with Gasteiger partial charge >= 0.3 is 0 Å². The normalized spacial score (nSPS) is 17.7. The summed E-state index contributed by atoms with van der Waals surface area (Å²) in [5.41, 5.74) is 5.53. The second kappa shape index (κ2) is 9.58. The molecule has 180 valence electrons. The standard InChI is InChI=1S/C28H30N4O2S/c1-18(2)34-22-12-10-21(11-13-22)32-27(26(30-28(32)35)25-9-5-6-14-29-25)24-16-19(3)31(20(24)4)17-23-8-7-15-33-23/h5-16,18,26-27H,17H2,1-4H3,(H,30,35)/t26-,27+/m0/s1. The summed E-state index contributed by atoms with van der Waals surface area (Å²) in [4.78, 5) is 6.88. The second-order valence-electron chi connectivity index (χ2n) is 9.15. The Kier molecular flexibility index (Phi) is 6.34. The zero-order chi connectivity index (χ0) is 24.5. The first-order chi connectivity index (χ1) is 16.9. The molecule has 2 atom stereocenters. The summed E-state index contributed by atoms with van der Waals surface area (Å²) >= 11 is 5.89. The lowest BCUT2D eigenvalue weighted by Gasteiger charge is -2.28. The Labute approximate surface area is 211 Å². The molecular weight excluding hydrogens is 456 g/mol. The van der Waals surface area contributed by atoms with E-state index in [9.17, 15) is 0 Å². The number of anilines is 1. The molecule has 5 rings (SSSR count). The average Bonchev–Trinajstić information content (AvgIpc) is 3.55. The zero-order valence-electron chi connectivity index (χ0n) is 20.4. The SMILES string of the molecule is Cc1cc([C@@H]2[C@H](c3ccccn3)NC(=S)N2c2ccc(OC(C)C)cc2)c(C)n1Cc1ccco1. The van der Waals surface area contributed by atoms with Gasteiger partial charge in [0, 0.05) is 23.3 Å². The Balaban J connectivity index is 1.58. The van der Waals surface area contributed by atoms with Gasteiger partial charge in [0.15, 0.2) is 5.11 Å². The lowest BCUT2D eigenvalue weighted by Crippen LogP contribution is -2.29. The molecule has 4 aromatic rings. The van der Waals surface area contributed by atoms with Gasteiger partial charge in [0.2, 0.25) is 0 Å². The smallest absolute Gasteiger partial charge is 0.174 e. The van der Waals surface area contributed by atoms with Crippen molar-refractivity contribution in [1.82, 2.24) is 14.9 Å². The van der Waals surface area contributed by atoms with Crippen molar-refractivity contribution in [2.45, 2.75) is 52.4 Å². The van der Waals surface area contributed by atoms with E-state index in [2.05, 4.69) is 57.9 Å². The van der Waals surface area contributed by atoms with Crippen LogP contribution < -0.4 is 15.0 Å². The molecule has 0 aliphatic carbocycles. The number of pyridine rings is 1. The minimum absolute atomic E-state index is 0.0641. The van der Waals surface area contributed by atoms with Crippen LogP contribution in [0.15, 0.2) is 77.5 Å². The number of thiocarbonyl (C=S) groups is 1. The predicted octanol–water partition coefficient (Wildman–Crippen LogP) is 6.11. The van der Waals surface area contributed by atoms with Crippen LogP contribution in [0.1, 0.15) is 54.3 Å². The molecule has 3 aromatic heterocycles. The minimum atomic E-state index is -0.0900. The molecule has 1 aliphatic heterocycles. The molecule has 0 spiro atoms. The van der Waals surface area contributed by atoms with Gasteiger partial charge in [-0.15, -0.1) is 0 Å². The van der Waals surface area contributed by atoms with Gasteiger partial charge in [-0.3, -0.25) is 4.98 Å². The Bertz CT molecular complexity index is 1300. The van der Waals surface area contributed by atoms with Crippen molar-refractivity contribution in [2.24, 2.45) is 0 Å². The zero-order valence-corrected chi connectivity index (χ0v) is 21.3. The first-order valence-electron chi connectivity index (χ1n) is 11.9. The molecule has 1 saturated heterocycles. The van der Waals surface area contributed by atoms with Crippen LogP contribution in [0.2, 0.25) is 0 Å². The molecule has 1 fully saturated rings. The number of nitrogens with zero attached hydrogens (tertiary/aromatic N) is 3. The summed E-state index contributed by atoms with van der Waals surface area (Å²) in [6.45, 7) is 9.04. The molecule has 1 aromatic carbocycles. The molecule has 35 heavy (non-hydrogen) atoms. The lowest BCUT2D eigenvalue weighted by atomic mass is 9.96. The maximum Gasteiger partial charge on any atom is 0.174 e. The lowest BCUT2D eigenvalue weighted by molar-refractivity contribution is 0.242. The molecule has 4 heterocycles. The van der Waals surface area contributed by atoms with Gasteiger partial charge in [-0.05, 0) is 100 Å². The van der Waals surface area contributed by atoms with Crippen molar-refractivity contribution in [3.05, 3.63) is 102 Å². The Morgan fingerprint density at radius 1 is 1.09 bits per heavy atom. The largest absolute Gasteiger partial charge is 0.491 e. The van der Waals surface area contributed by atoms with E-state index < -0.39 is 0 Å². The van der Waals surface area contributed by atoms with Gasteiger partial charge < -0.3 is 23.9 Å². The quantitative estimate of drug-likeness (QED) is 0.318. The number of aryl methyl sites for hydroxylation is 1. The Hall–Kier alpha value is -3.58. The van der Waals surface area contributed by atoms with Crippen molar-refractivity contribution >= 4 is 23.0 Å². The first-order valence-corrected chi connectivity index (χ1v) is 12.3. The van der Waals surface area contributed by atoms with E-state index >= 15 is 0 Å². The monoisotopic (exact) mass is 486 g/mol. The van der Waals surface area contributed by atoms with Gasteiger partial charge in [0.05, 0.1) is 36.7 Å². The van der Waals surface area contributed by atoms with E-state index in [0.29, 0.717) is 11.7 Å². The van der Waals surface area contributed by atoms with E-state index in [0.717, 1.165) is 22.9 Å². The van der Waals surface area contributed by atoms with E-state index in [1.54, 1.807) is 6.26 Å². The van der Waals surface area contributed by atoms with Gasteiger partial charge in [-0.1, -0.05) is 6.07 Å². The molecule has 0 bridgehead atoms. The topological polar surface area (TPSA) is 55.5 Å². The van der Waals surface area contributed by atoms with Gasteiger partial charge in [-0.2, -0.15) is 0 Å². The van der Waals surface area contributed by atoms with Crippen molar-refractivity contribution in [2.75, 3.05) is 4.90 Å². The summed E-state index contributed by atoms with van der Waals surface area (Å²) in [5.74, 6) is 1.77. The fraction of sp³-hybridized carbons (Fsp3) is 0.286. The Morgan fingerprint density at radius 2 is 1.89 bits per heavy atom. The number of hydrogen-bond donors (Lipinski definition) is 1. The summed E-state index contributed by atoms with van der Waals surface area (Å²) in [6.07, 6.45) is 3.67. The van der Waals surface area contributed by atoms with Crippen molar-refractivity contribution in [3.8, 4) is 5.75 Å². The summed E-state index contributed by atoms with van der Waals surface area (Å²) < 4.78 is 13.8. The molecule has 0 saturated carbocycles. The van der Waals surface area contributed by atoms with Crippen molar-refractivity contribution < 1.29 is 9.15 Å². The third kappa shape index (κ3) is 4.56. The van der Waals surface area contributed by atoms with Crippen LogP contribution in [0.3, 0.4) is 0 Å². The van der Waals surface area contributed by atoms with E-state index in [1.807, 2.05) is 56.4 Å². The number of rotatable bonds is 7. The number of furan rings is 1. The molecule has 0 radical (unpaired) electrons. The van der Waals surface area contributed by atoms with Crippen LogP contribution >= 0.6 is 12.2 Å². The molecule has 0 unspecified atom stereocenters. The van der Waals surface area contributed by atoms with Crippen molar-refractivity contribution in [3.63, 3.8) is 0 Å². The van der Waals surface area contributed by atoms with Crippen LogP contribution in [-0.4, -0.2) is 20.8 Å². The Morgan fingerprint density at radius 3 is 2.54 bits per heavy atom. The molecule has 6 nitrogen and oxygen atoms in total. The summed E-state index contributed by atoms with van der Waals surface area (Å²) in [7, 11) is 0. The maximum absolute atomic E-state index is 5.89. The third-order valence-corrected chi connectivity index (χ3v) is 6.72. The molecule has 1 aliphatic rings. The van der Waals surface area contributed by atoms with Crippen LogP contribution in [0.4, 0.5) is 5.69 Å². The summed E-state index contributed by atoms with van der Waals surface area (Å²) in [5, 5.41) is 4.23. The van der Waals surface area contributed by atoms with Crippen LogP contribution in [0.25, 0.3) is 0 Å². The molecule has 7 heteroatoms. The van der Waals surface area contributed by atoms with E-state index in [4.69, 9.17) is 21.4 Å². The fourth-order valence-electron chi connectivity index (χ4n) is 4.84. The highest BCUT2D eigenvalue weighted by atomic mass is 32.1. The van der Waals surface area contributed by atoms with Crippen LogP contribution in [0.5, 0.6) is 5.75 Å². The molecular formula is C28H30N4O2S. The predicted molar refractivity (Wildman–Crippen MR) is 142 cm³/mol. The van der Waals surface area contributed by atoms with Crippen LogP contribution in [0, 0.1) is 13.8 Å². The van der Waals surface area contributed by atoms with E-state index in [1.165, 1.54) is 17.0 Å².